The predicted octanol–water partition coefficient (Wildman–Crippen LogP) is 5.68. The Morgan fingerprint density at radius 3 is 2.60 bits per heavy atom. The highest BCUT2D eigenvalue weighted by molar-refractivity contribution is 6.00. The minimum Gasteiger partial charge on any atom is -0.346 e. The Kier molecular flexibility index (Phi) is 6.70. The number of fused-ring (bicyclic) bond motifs is 1. The summed E-state index contributed by atoms with van der Waals surface area (Å²) in [4.78, 5) is 25.8. The van der Waals surface area contributed by atoms with E-state index >= 15 is 0 Å². The molecule has 180 valence electrons. The number of alkyl halides is 3. The average Bonchev–Trinajstić information content (AvgIpc) is 3.21. The summed E-state index contributed by atoms with van der Waals surface area (Å²) in [6.07, 6.45) is 3.38. The Hall–Kier alpha value is -3.98. The van der Waals surface area contributed by atoms with Crippen molar-refractivity contribution in [1.82, 2.24) is 19.9 Å². The highest BCUT2D eigenvalue weighted by atomic mass is 19.4. The monoisotopic (exact) mass is 479 g/mol. The average molecular weight is 480 g/mol. The van der Waals surface area contributed by atoms with Crippen molar-refractivity contribution in [3.63, 3.8) is 0 Å². The number of nitrogens with zero attached hydrogens (tertiary/aromatic N) is 3. The molecule has 0 saturated heterocycles. The van der Waals surface area contributed by atoms with E-state index in [0.717, 1.165) is 34.3 Å². The molecule has 0 aliphatic carbocycles. The lowest BCUT2D eigenvalue weighted by atomic mass is 10.00. The van der Waals surface area contributed by atoms with Crippen LogP contribution in [0.25, 0.3) is 33.3 Å². The molecular formula is C26H24F3N5O. The Morgan fingerprint density at radius 1 is 1.09 bits per heavy atom. The Morgan fingerprint density at radius 2 is 1.89 bits per heavy atom. The van der Waals surface area contributed by atoms with Gasteiger partial charge in [0.1, 0.15) is 5.65 Å². The van der Waals surface area contributed by atoms with Crippen LogP contribution in [0.1, 0.15) is 11.3 Å². The van der Waals surface area contributed by atoms with E-state index in [1.165, 1.54) is 18.3 Å². The molecule has 6 nitrogen and oxygen atoms in total. The van der Waals surface area contributed by atoms with Gasteiger partial charge in [0.05, 0.1) is 5.56 Å². The molecule has 4 aromatic rings. The van der Waals surface area contributed by atoms with Crippen molar-refractivity contribution in [1.29, 1.82) is 0 Å². The quantitative estimate of drug-likeness (QED) is 0.349. The molecule has 0 spiro atoms. The Bertz CT molecular complexity index is 1410. The van der Waals surface area contributed by atoms with Gasteiger partial charge in [-0.05, 0) is 68.5 Å². The van der Waals surface area contributed by atoms with Gasteiger partial charge in [0.2, 0.25) is 5.91 Å². The molecule has 9 heteroatoms. The van der Waals surface area contributed by atoms with E-state index in [9.17, 15) is 18.0 Å². The maximum Gasteiger partial charge on any atom is 0.416 e. The molecule has 0 atom stereocenters. The first kappa shape index (κ1) is 24.2. The first-order valence-corrected chi connectivity index (χ1v) is 10.9. The first-order valence-electron chi connectivity index (χ1n) is 10.9. The molecule has 2 N–H and O–H groups in total. The SMILES string of the molecule is Cc1cc(-c2c[nH]c3ncc(-c4cc(NC(=O)/C=C/CN(C)C)cc(C(F)(F)F)c4)cc23)ccn1. The van der Waals surface area contributed by atoms with Crippen molar-refractivity contribution in [2.24, 2.45) is 0 Å². The van der Waals surface area contributed by atoms with Gasteiger partial charge in [-0.15, -0.1) is 0 Å². The number of rotatable bonds is 6. The summed E-state index contributed by atoms with van der Waals surface area (Å²) in [5.74, 6) is -0.508. The molecule has 0 unspecified atom stereocenters. The van der Waals surface area contributed by atoms with Crippen molar-refractivity contribution in [2.45, 2.75) is 13.1 Å². The number of hydrogen-bond acceptors (Lipinski definition) is 4. The summed E-state index contributed by atoms with van der Waals surface area (Å²) in [6.45, 7) is 2.42. The third kappa shape index (κ3) is 5.75. The van der Waals surface area contributed by atoms with Gasteiger partial charge in [-0.2, -0.15) is 13.2 Å². The van der Waals surface area contributed by atoms with Crippen LogP contribution in [0.4, 0.5) is 18.9 Å². The van der Waals surface area contributed by atoms with Gasteiger partial charge in [-0.1, -0.05) is 6.08 Å². The molecule has 1 amide bonds. The van der Waals surface area contributed by atoms with Crippen LogP contribution in [-0.4, -0.2) is 46.4 Å². The molecule has 0 saturated carbocycles. The van der Waals surface area contributed by atoms with Crippen LogP contribution in [0.3, 0.4) is 0 Å². The molecule has 1 aromatic carbocycles. The fourth-order valence-corrected chi connectivity index (χ4v) is 3.70. The highest BCUT2D eigenvalue weighted by Gasteiger charge is 2.31. The Labute approximate surface area is 200 Å². The minimum atomic E-state index is -4.58. The normalized spacial score (nSPS) is 12.1. The summed E-state index contributed by atoms with van der Waals surface area (Å²) >= 11 is 0. The molecule has 4 rings (SSSR count). The van der Waals surface area contributed by atoms with Gasteiger partial charge >= 0.3 is 6.18 Å². The van der Waals surface area contributed by atoms with Gasteiger partial charge < -0.3 is 15.2 Å². The van der Waals surface area contributed by atoms with Crippen molar-refractivity contribution in [2.75, 3.05) is 26.0 Å². The molecule has 3 aromatic heterocycles. The van der Waals surface area contributed by atoms with Crippen LogP contribution in [-0.2, 0) is 11.0 Å². The summed E-state index contributed by atoms with van der Waals surface area (Å²) in [6, 6.07) is 9.08. The highest BCUT2D eigenvalue weighted by Crippen LogP contribution is 2.36. The Balaban J connectivity index is 1.75. The molecule has 0 radical (unpaired) electrons. The summed E-state index contributed by atoms with van der Waals surface area (Å²) < 4.78 is 41.0. The topological polar surface area (TPSA) is 73.9 Å². The fourth-order valence-electron chi connectivity index (χ4n) is 3.70. The van der Waals surface area contributed by atoms with Gasteiger partial charge in [-0.25, -0.2) is 4.98 Å². The lowest BCUT2D eigenvalue weighted by Crippen LogP contribution is -2.13. The van der Waals surface area contributed by atoms with Crippen molar-refractivity contribution in [3.05, 3.63) is 78.4 Å². The molecule has 0 bridgehead atoms. The smallest absolute Gasteiger partial charge is 0.346 e. The number of aryl methyl sites for hydroxylation is 1. The van der Waals surface area contributed by atoms with E-state index in [1.54, 1.807) is 18.3 Å². The lowest BCUT2D eigenvalue weighted by Gasteiger charge is -2.13. The minimum absolute atomic E-state index is 0.0495. The van der Waals surface area contributed by atoms with E-state index < -0.39 is 17.6 Å². The maximum absolute atomic E-state index is 13.7. The van der Waals surface area contributed by atoms with Gasteiger partial charge in [-0.3, -0.25) is 9.78 Å². The number of carbonyl (C=O) groups excluding carboxylic acids is 1. The van der Waals surface area contributed by atoms with Crippen LogP contribution >= 0.6 is 0 Å². The van der Waals surface area contributed by atoms with Crippen LogP contribution in [0.15, 0.2) is 67.1 Å². The number of aromatic amines is 1. The van der Waals surface area contributed by atoms with Crippen LogP contribution in [0.2, 0.25) is 0 Å². The zero-order valence-electron chi connectivity index (χ0n) is 19.4. The number of hydrogen-bond donors (Lipinski definition) is 2. The van der Waals surface area contributed by atoms with E-state index in [4.69, 9.17) is 0 Å². The number of amides is 1. The second-order valence-electron chi connectivity index (χ2n) is 8.46. The second-order valence-corrected chi connectivity index (χ2v) is 8.46. The molecule has 35 heavy (non-hydrogen) atoms. The van der Waals surface area contributed by atoms with Crippen LogP contribution < -0.4 is 5.32 Å². The zero-order valence-corrected chi connectivity index (χ0v) is 19.4. The van der Waals surface area contributed by atoms with Crippen LogP contribution in [0.5, 0.6) is 0 Å². The van der Waals surface area contributed by atoms with E-state index in [2.05, 4.69) is 20.3 Å². The third-order valence-electron chi connectivity index (χ3n) is 5.34. The number of pyridine rings is 2. The van der Waals surface area contributed by atoms with Crippen LogP contribution in [0, 0.1) is 6.92 Å². The number of likely N-dealkylation sites (N-methyl/N-ethyl adjacent to an activating group) is 1. The van der Waals surface area contributed by atoms with Crippen molar-refractivity contribution < 1.29 is 18.0 Å². The molecule has 0 aliphatic rings. The number of H-pyrrole nitrogens is 1. The first-order chi connectivity index (χ1) is 16.6. The largest absolute Gasteiger partial charge is 0.416 e. The molecule has 0 fully saturated rings. The number of aromatic nitrogens is 3. The zero-order chi connectivity index (χ0) is 25.2. The third-order valence-corrected chi connectivity index (χ3v) is 5.34. The maximum atomic E-state index is 13.7. The molecule has 3 heterocycles. The van der Waals surface area contributed by atoms with Gasteiger partial charge in [0.25, 0.3) is 0 Å². The predicted molar refractivity (Wildman–Crippen MR) is 131 cm³/mol. The molecular weight excluding hydrogens is 455 g/mol. The standard InChI is InChI=1S/C26H24F3N5O/c1-16-9-17(6-7-30-16)23-15-32-25-22(23)12-19(14-31-25)18-10-20(26(27,28)29)13-21(11-18)33-24(35)5-4-8-34(2)3/h4-7,9-15H,8H2,1-3H3,(H,31,32)(H,33,35)/b5-4+. The van der Waals surface area contributed by atoms with Crippen molar-refractivity contribution in [3.8, 4) is 22.3 Å². The number of carbonyl (C=O) groups is 1. The van der Waals surface area contributed by atoms with E-state index in [1.807, 2.05) is 44.2 Å². The lowest BCUT2D eigenvalue weighted by molar-refractivity contribution is -0.137. The number of benzene rings is 1. The summed E-state index contributed by atoms with van der Waals surface area (Å²) in [5, 5.41) is 3.30. The van der Waals surface area contributed by atoms with Gasteiger partial charge in [0.15, 0.2) is 0 Å². The fraction of sp³-hybridized carbons (Fsp3) is 0.192. The second kappa shape index (κ2) is 9.71. The summed E-state index contributed by atoms with van der Waals surface area (Å²) in [7, 11) is 3.69. The number of anilines is 1. The summed E-state index contributed by atoms with van der Waals surface area (Å²) in [5.41, 5.74) is 3.23. The number of halogens is 3. The molecule has 0 aliphatic heterocycles. The van der Waals surface area contributed by atoms with E-state index in [-0.39, 0.29) is 5.69 Å². The number of nitrogens with one attached hydrogen (secondary N) is 2. The van der Waals surface area contributed by atoms with Crippen molar-refractivity contribution >= 4 is 22.6 Å². The van der Waals surface area contributed by atoms with Gasteiger partial charge in [0, 0.05) is 59.1 Å². The van der Waals surface area contributed by atoms with E-state index in [0.29, 0.717) is 23.3 Å².